The van der Waals surface area contributed by atoms with E-state index in [1.807, 2.05) is 65.0 Å². The van der Waals surface area contributed by atoms with Gasteiger partial charge in [-0.25, -0.2) is 13.1 Å². The predicted molar refractivity (Wildman–Crippen MR) is 167 cm³/mol. The molecule has 1 heterocycles. The number of aromatic nitrogens is 3. The summed E-state index contributed by atoms with van der Waals surface area (Å²) >= 11 is 0. The predicted octanol–water partition coefficient (Wildman–Crippen LogP) is 5.00. The van der Waals surface area contributed by atoms with Crippen molar-refractivity contribution in [2.24, 2.45) is 0 Å². The SMILES string of the molecule is COc1c(NC(=O)c2ccc(C)c(-n3cc(C(=O)NC(C)c4ccccc4)nn3)c2)cc(C(C)(C)C)cc1NS(C)(=O)=O. The molecule has 4 rings (SSSR count). The van der Waals surface area contributed by atoms with Gasteiger partial charge < -0.3 is 15.4 Å². The summed E-state index contributed by atoms with van der Waals surface area (Å²) in [4.78, 5) is 26.4. The van der Waals surface area contributed by atoms with Gasteiger partial charge in [-0.2, -0.15) is 0 Å². The molecular formula is C31H36N6O5S. The Kier molecular flexibility index (Phi) is 8.90. The summed E-state index contributed by atoms with van der Waals surface area (Å²) < 4.78 is 33.6. The summed E-state index contributed by atoms with van der Waals surface area (Å²) in [5.74, 6) is -0.653. The van der Waals surface area contributed by atoms with Gasteiger partial charge in [-0.3, -0.25) is 14.3 Å². The monoisotopic (exact) mass is 604 g/mol. The number of ether oxygens (including phenoxy) is 1. The molecule has 1 unspecified atom stereocenters. The fraction of sp³-hybridized carbons (Fsp3) is 0.290. The number of anilines is 2. The van der Waals surface area contributed by atoms with Crippen LogP contribution in [-0.2, 0) is 15.4 Å². The van der Waals surface area contributed by atoms with Gasteiger partial charge in [-0.05, 0) is 60.2 Å². The number of nitrogens with one attached hydrogen (secondary N) is 3. The van der Waals surface area contributed by atoms with Crippen LogP contribution >= 0.6 is 0 Å². The Hall–Kier alpha value is -4.71. The first-order chi connectivity index (χ1) is 20.2. The van der Waals surface area contributed by atoms with Crippen LogP contribution in [0.3, 0.4) is 0 Å². The Balaban J connectivity index is 1.61. The minimum absolute atomic E-state index is 0.131. The van der Waals surface area contributed by atoms with Crippen molar-refractivity contribution in [3.05, 3.63) is 94.8 Å². The van der Waals surface area contributed by atoms with Gasteiger partial charge in [0.05, 0.1) is 42.7 Å². The van der Waals surface area contributed by atoms with E-state index < -0.39 is 15.9 Å². The summed E-state index contributed by atoms with van der Waals surface area (Å²) in [6.45, 7) is 9.68. The molecule has 43 heavy (non-hydrogen) atoms. The van der Waals surface area contributed by atoms with E-state index in [9.17, 15) is 18.0 Å². The number of sulfonamides is 1. The summed E-state index contributed by atoms with van der Waals surface area (Å²) in [6, 6.07) is 17.9. The first-order valence-electron chi connectivity index (χ1n) is 13.6. The maximum Gasteiger partial charge on any atom is 0.273 e. The van der Waals surface area contributed by atoms with Crippen molar-refractivity contribution in [1.82, 2.24) is 20.3 Å². The Labute approximate surface area is 251 Å². The Morgan fingerprint density at radius 1 is 0.977 bits per heavy atom. The van der Waals surface area contributed by atoms with Gasteiger partial charge in [0.1, 0.15) is 0 Å². The zero-order valence-corrected chi connectivity index (χ0v) is 26.0. The molecule has 0 radical (unpaired) electrons. The van der Waals surface area contributed by atoms with Gasteiger partial charge in [0, 0.05) is 5.56 Å². The van der Waals surface area contributed by atoms with Gasteiger partial charge in [0.15, 0.2) is 11.4 Å². The number of rotatable bonds is 9. The summed E-state index contributed by atoms with van der Waals surface area (Å²) in [5, 5.41) is 14.0. The van der Waals surface area contributed by atoms with Crippen molar-refractivity contribution in [1.29, 1.82) is 0 Å². The molecular weight excluding hydrogens is 568 g/mol. The van der Waals surface area contributed by atoms with E-state index in [1.165, 1.54) is 18.0 Å². The minimum Gasteiger partial charge on any atom is -0.492 e. The number of methoxy groups -OCH3 is 1. The third kappa shape index (κ3) is 7.58. The lowest BCUT2D eigenvalue weighted by Gasteiger charge is -2.24. The van der Waals surface area contributed by atoms with E-state index in [1.54, 1.807) is 30.3 Å². The van der Waals surface area contributed by atoms with Crippen LogP contribution in [0.4, 0.5) is 11.4 Å². The van der Waals surface area contributed by atoms with Crippen molar-refractivity contribution < 1.29 is 22.7 Å². The van der Waals surface area contributed by atoms with Gasteiger partial charge in [-0.15, -0.1) is 5.10 Å². The molecule has 0 aliphatic heterocycles. The molecule has 0 saturated carbocycles. The van der Waals surface area contributed by atoms with Crippen LogP contribution in [0.5, 0.6) is 5.75 Å². The summed E-state index contributed by atoms with van der Waals surface area (Å²) in [5.41, 5.74) is 3.71. The highest BCUT2D eigenvalue weighted by Gasteiger charge is 2.23. The molecule has 0 fully saturated rings. The molecule has 12 heteroatoms. The molecule has 1 atom stereocenters. The average molecular weight is 605 g/mol. The van der Waals surface area contributed by atoms with E-state index in [0.717, 1.165) is 22.9 Å². The number of hydrogen-bond donors (Lipinski definition) is 3. The van der Waals surface area contributed by atoms with Crippen LogP contribution in [-0.4, -0.2) is 48.6 Å². The maximum absolute atomic E-state index is 13.5. The van der Waals surface area contributed by atoms with Crippen molar-refractivity contribution in [2.45, 2.75) is 46.1 Å². The van der Waals surface area contributed by atoms with Crippen molar-refractivity contribution >= 4 is 33.2 Å². The van der Waals surface area contributed by atoms with Crippen LogP contribution in [0.15, 0.2) is 66.9 Å². The molecule has 2 amide bonds. The molecule has 0 spiro atoms. The fourth-order valence-electron chi connectivity index (χ4n) is 4.42. The number of carbonyl (C=O) groups is 2. The number of carbonyl (C=O) groups excluding carboxylic acids is 2. The average Bonchev–Trinajstić information content (AvgIpc) is 3.42. The van der Waals surface area contributed by atoms with E-state index in [2.05, 4.69) is 25.7 Å². The van der Waals surface area contributed by atoms with Crippen LogP contribution in [0.1, 0.15) is 71.3 Å². The number of nitrogens with zero attached hydrogens (tertiary/aromatic N) is 3. The lowest BCUT2D eigenvalue weighted by atomic mass is 9.86. The second-order valence-corrected chi connectivity index (χ2v) is 13.1. The Morgan fingerprint density at radius 2 is 1.65 bits per heavy atom. The highest BCUT2D eigenvalue weighted by molar-refractivity contribution is 7.92. The third-order valence-corrected chi connectivity index (χ3v) is 7.38. The zero-order valence-electron chi connectivity index (χ0n) is 25.2. The van der Waals surface area contributed by atoms with E-state index in [-0.39, 0.29) is 34.5 Å². The first-order valence-corrected chi connectivity index (χ1v) is 15.5. The number of aryl methyl sites for hydroxylation is 1. The molecule has 226 valence electrons. The van der Waals surface area contributed by atoms with Crippen molar-refractivity contribution in [2.75, 3.05) is 23.4 Å². The van der Waals surface area contributed by atoms with Gasteiger partial charge in [0.25, 0.3) is 11.8 Å². The molecule has 0 saturated heterocycles. The topological polar surface area (TPSA) is 144 Å². The summed E-state index contributed by atoms with van der Waals surface area (Å²) in [6.07, 6.45) is 2.56. The quantitative estimate of drug-likeness (QED) is 0.244. The highest BCUT2D eigenvalue weighted by Crippen LogP contribution is 2.39. The standard InChI is InChI=1S/C31H36N6O5S/c1-19-13-14-22(15-27(19)37-18-26(34-36-37)30(39)32-20(2)21-11-9-8-10-12-21)29(38)33-24-16-23(31(3,4)5)17-25(28(24)42-6)35-43(7,40)41/h8-18,20,35H,1-7H3,(H,32,39)(H,33,38). The van der Waals surface area contributed by atoms with Crippen molar-refractivity contribution in [3.8, 4) is 11.4 Å². The van der Waals surface area contributed by atoms with Gasteiger partial charge in [0.2, 0.25) is 10.0 Å². The largest absolute Gasteiger partial charge is 0.492 e. The molecule has 0 bridgehead atoms. The van der Waals surface area contributed by atoms with Crippen LogP contribution < -0.4 is 20.1 Å². The molecule has 1 aromatic heterocycles. The van der Waals surface area contributed by atoms with E-state index >= 15 is 0 Å². The highest BCUT2D eigenvalue weighted by atomic mass is 32.2. The summed E-state index contributed by atoms with van der Waals surface area (Å²) in [7, 11) is -2.22. The fourth-order valence-corrected chi connectivity index (χ4v) is 4.97. The lowest BCUT2D eigenvalue weighted by molar-refractivity contribution is 0.0934. The molecule has 3 N–H and O–H groups in total. The molecule has 4 aromatic rings. The second kappa shape index (κ2) is 12.3. The number of hydrogen-bond acceptors (Lipinski definition) is 7. The smallest absolute Gasteiger partial charge is 0.273 e. The van der Waals surface area contributed by atoms with Crippen LogP contribution in [0, 0.1) is 6.92 Å². The van der Waals surface area contributed by atoms with Gasteiger partial charge in [-0.1, -0.05) is 62.4 Å². The van der Waals surface area contributed by atoms with Crippen LogP contribution in [0.25, 0.3) is 5.69 Å². The Morgan fingerprint density at radius 3 is 2.28 bits per heavy atom. The zero-order chi connectivity index (χ0) is 31.5. The van der Waals surface area contributed by atoms with Crippen LogP contribution in [0.2, 0.25) is 0 Å². The van der Waals surface area contributed by atoms with Gasteiger partial charge >= 0.3 is 0 Å². The van der Waals surface area contributed by atoms with Crippen molar-refractivity contribution in [3.63, 3.8) is 0 Å². The normalized spacial score (nSPS) is 12.3. The van der Waals surface area contributed by atoms with E-state index in [4.69, 9.17) is 4.74 Å². The first kappa shape index (κ1) is 31.2. The van der Waals surface area contributed by atoms with E-state index in [0.29, 0.717) is 16.9 Å². The second-order valence-electron chi connectivity index (χ2n) is 11.3. The molecule has 0 aliphatic carbocycles. The molecule has 11 nitrogen and oxygen atoms in total. The molecule has 3 aromatic carbocycles. The third-order valence-electron chi connectivity index (χ3n) is 6.79. The number of amides is 2. The Bertz CT molecular complexity index is 1760. The maximum atomic E-state index is 13.5. The number of benzene rings is 3. The lowest BCUT2D eigenvalue weighted by Crippen LogP contribution is -2.26. The molecule has 0 aliphatic rings. The minimum atomic E-state index is -3.62.